The first-order valence-electron chi connectivity index (χ1n) is 5.86. The molecule has 0 amide bonds. The molecule has 2 heterocycles. The van der Waals surface area contributed by atoms with Crippen LogP contribution in [0, 0.1) is 0 Å². The molecule has 0 bridgehead atoms. The Morgan fingerprint density at radius 1 is 1.12 bits per heavy atom. The van der Waals surface area contributed by atoms with Gasteiger partial charge >= 0.3 is 0 Å². The lowest BCUT2D eigenvalue weighted by atomic mass is 10.2. The summed E-state index contributed by atoms with van der Waals surface area (Å²) < 4.78 is 1.78. The van der Waals surface area contributed by atoms with Crippen LogP contribution in [0.1, 0.15) is 0 Å². The Morgan fingerprint density at radius 2 is 1.94 bits per heavy atom. The van der Waals surface area contributed by atoms with E-state index in [-0.39, 0.29) is 0 Å². The summed E-state index contributed by atoms with van der Waals surface area (Å²) in [4.78, 5) is 2.39. The normalized spacial score (nSPS) is 16.1. The van der Waals surface area contributed by atoms with Gasteiger partial charge in [0.05, 0.1) is 18.1 Å². The van der Waals surface area contributed by atoms with E-state index in [4.69, 9.17) is 0 Å². The maximum absolute atomic E-state index is 4.01. The summed E-state index contributed by atoms with van der Waals surface area (Å²) in [5.41, 5.74) is 2.30. The lowest BCUT2D eigenvalue weighted by molar-refractivity contribution is 0.589. The molecule has 0 radical (unpaired) electrons. The molecule has 5 nitrogen and oxygen atoms in total. The van der Waals surface area contributed by atoms with Crippen molar-refractivity contribution in [3.63, 3.8) is 0 Å². The van der Waals surface area contributed by atoms with E-state index in [1.807, 2.05) is 12.3 Å². The van der Waals surface area contributed by atoms with Crippen molar-refractivity contribution in [2.45, 2.75) is 0 Å². The first-order chi connectivity index (χ1) is 8.43. The third-order valence-electron chi connectivity index (χ3n) is 3.00. The van der Waals surface area contributed by atoms with E-state index in [0.29, 0.717) is 0 Å². The van der Waals surface area contributed by atoms with Crippen molar-refractivity contribution >= 4 is 5.69 Å². The van der Waals surface area contributed by atoms with E-state index in [2.05, 4.69) is 38.7 Å². The molecule has 1 fully saturated rings. The summed E-state index contributed by atoms with van der Waals surface area (Å²) in [6.45, 7) is 4.21. The third kappa shape index (κ3) is 2.14. The molecule has 1 aliphatic heterocycles. The molecular formula is C12H15N5. The Hall–Kier alpha value is -1.88. The number of rotatable bonds is 2. The second-order valence-electron chi connectivity index (χ2n) is 4.10. The molecule has 0 saturated carbocycles. The summed E-state index contributed by atoms with van der Waals surface area (Å²) in [5.74, 6) is 0. The number of anilines is 1. The Labute approximate surface area is 100 Å². The Morgan fingerprint density at radius 3 is 2.71 bits per heavy atom. The van der Waals surface area contributed by atoms with Gasteiger partial charge in [0.25, 0.3) is 0 Å². The van der Waals surface area contributed by atoms with E-state index < -0.39 is 0 Å². The monoisotopic (exact) mass is 229 g/mol. The molecular weight excluding hydrogens is 214 g/mol. The molecule has 0 aliphatic carbocycles. The van der Waals surface area contributed by atoms with Crippen LogP contribution in [0.3, 0.4) is 0 Å². The highest BCUT2D eigenvalue weighted by Crippen LogP contribution is 2.18. The minimum Gasteiger partial charge on any atom is -0.369 e. The van der Waals surface area contributed by atoms with Crippen LogP contribution in [0.25, 0.3) is 5.69 Å². The van der Waals surface area contributed by atoms with Crippen LogP contribution in [-0.4, -0.2) is 41.2 Å². The van der Waals surface area contributed by atoms with E-state index in [1.54, 1.807) is 10.9 Å². The van der Waals surface area contributed by atoms with Gasteiger partial charge in [-0.05, 0) is 18.2 Å². The average Bonchev–Trinajstić information content (AvgIpc) is 2.94. The molecule has 5 heteroatoms. The number of hydrogen-bond acceptors (Lipinski definition) is 4. The first-order valence-corrected chi connectivity index (χ1v) is 5.86. The lowest BCUT2D eigenvalue weighted by Crippen LogP contribution is -2.43. The van der Waals surface area contributed by atoms with Crippen molar-refractivity contribution in [2.24, 2.45) is 0 Å². The van der Waals surface area contributed by atoms with Crippen LogP contribution < -0.4 is 10.2 Å². The zero-order valence-electron chi connectivity index (χ0n) is 9.58. The quantitative estimate of drug-likeness (QED) is 0.822. The second-order valence-corrected chi connectivity index (χ2v) is 4.10. The van der Waals surface area contributed by atoms with Crippen molar-refractivity contribution < 1.29 is 0 Å². The Kier molecular flexibility index (Phi) is 2.75. The van der Waals surface area contributed by atoms with E-state index >= 15 is 0 Å². The topological polar surface area (TPSA) is 46.0 Å². The number of hydrogen-bond donors (Lipinski definition) is 1. The summed E-state index contributed by atoms with van der Waals surface area (Å²) in [6.07, 6.45) is 3.55. The summed E-state index contributed by atoms with van der Waals surface area (Å²) in [7, 11) is 0. The fourth-order valence-corrected chi connectivity index (χ4v) is 2.10. The van der Waals surface area contributed by atoms with Crippen LogP contribution in [0.5, 0.6) is 0 Å². The number of aromatic nitrogens is 3. The van der Waals surface area contributed by atoms with Gasteiger partial charge in [-0.3, -0.25) is 0 Å². The van der Waals surface area contributed by atoms with Crippen molar-refractivity contribution in [1.82, 2.24) is 20.3 Å². The highest BCUT2D eigenvalue weighted by molar-refractivity contribution is 5.53. The van der Waals surface area contributed by atoms with Gasteiger partial charge in [-0.1, -0.05) is 11.3 Å². The van der Waals surface area contributed by atoms with Crippen molar-refractivity contribution in [3.8, 4) is 5.69 Å². The first kappa shape index (κ1) is 10.3. The second kappa shape index (κ2) is 4.55. The van der Waals surface area contributed by atoms with Crippen LogP contribution >= 0.6 is 0 Å². The van der Waals surface area contributed by atoms with Crippen LogP contribution in [0.15, 0.2) is 36.7 Å². The Balaban J connectivity index is 1.88. The predicted octanol–water partition coefficient (Wildman–Crippen LogP) is 0.677. The number of benzene rings is 1. The van der Waals surface area contributed by atoms with Crippen molar-refractivity contribution in [1.29, 1.82) is 0 Å². The van der Waals surface area contributed by atoms with E-state index in [0.717, 1.165) is 31.9 Å². The molecule has 1 aromatic heterocycles. The van der Waals surface area contributed by atoms with Gasteiger partial charge in [-0.2, -0.15) is 0 Å². The standard InChI is InChI=1S/C12H15N5/c1-2-11(16-7-4-13-5-8-16)10-12(3-1)17-9-6-14-15-17/h1-3,6,9-10,13H,4-5,7-8H2. The molecule has 2 aromatic rings. The van der Waals surface area contributed by atoms with Gasteiger partial charge in [-0.25, -0.2) is 4.68 Å². The summed E-state index contributed by atoms with van der Waals surface area (Å²) in [6, 6.07) is 8.40. The van der Waals surface area contributed by atoms with Gasteiger partial charge in [0.1, 0.15) is 0 Å². The number of nitrogens with zero attached hydrogens (tertiary/aromatic N) is 4. The van der Waals surface area contributed by atoms with Gasteiger partial charge < -0.3 is 10.2 Å². The Bertz CT molecular complexity index is 473. The molecule has 3 rings (SSSR count). The molecule has 0 spiro atoms. The van der Waals surface area contributed by atoms with E-state index in [1.165, 1.54) is 5.69 Å². The summed E-state index contributed by atoms with van der Waals surface area (Å²) in [5, 5.41) is 11.2. The SMILES string of the molecule is c1cc(N2CCNCC2)cc(-n2ccnn2)c1. The third-order valence-corrected chi connectivity index (χ3v) is 3.00. The highest BCUT2D eigenvalue weighted by Gasteiger charge is 2.10. The zero-order valence-corrected chi connectivity index (χ0v) is 9.58. The van der Waals surface area contributed by atoms with Gasteiger partial charge in [0, 0.05) is 31.9 Å². The average molecular weight is 229 g/mol. The van der Waals surface area contributed by atoms with Gasteiger partial charge in [0.15, 0.2) is 0 Å². The van der Waals surface area contributed by atoms with Crippen LogP contribution in [0.2, 0.25) is 0 Å². The highest BCUT2D eigenvalue weighted by atomic mass is 15.4. The predicted molar refractivity (Wildman–Crippen MR) is 66.4 cm³/mol. The maximum atomic E-state index is 4.01. The molecule has 88 valence electrons. The lowest BCUT2D eigenvalue weighted by Gasteiger charge is -2.29. The van der Waals surface area contributed by atoms with Gasteiger partial charge in [-0.15, -0.1) is 5.10 Å². The maximum Gasteiger partial charge on any atom is 0.0697 e. The molecule has 1 aliphatic rings. The summed E-state index contributed by atoms with van der Waals surface area (Å²) >= 11 is 0. The smallest absolute Gasteiger partial charge is 0.0697 e. The van der Waals surface area contributed by atoms with E-state index in [9.17, 15) is 0 Å². The molecule has 17 heavy (non-hydrogen) atoms. The molecule has 1 N–H and O–H groups in total. The fourth-order valence-electron chi connectivity index (χ4n) is 2.10. The molecule has 0 atom stereocenters. The van der Waals surface area contributed by atoms with Gasteiger partial charge in [0.2, 0.25) is 0 Å². The van der Waals surface area contributed by atoms with Crippen LogP contribution in [-0.2, 0) is 0 Å². The molecule has 0 unspecified atom stereocenters. The molecule has 1 aromatic carbocycles. The van der Waals surface area contributed by atoms with Crippen molar-refractivity contribution in [2.75, 3.05) is 31.1 Å². The number of nitrogens with one attached hydrogen (secondary N) is 1. The zero-order chi connectivity index (χ0) is 11.5. The van der Waals surface area contributed by atoms with Crippen molar-refractivity contribution in [3.05, 3.63) is 36.7 Å². The van der Waals surface area contributed by atoms with Crippen LogP contribution in [0.4, 0.5) is 5.69 Å². The largest absolute Gasteiger partial charge is 0.369 e. The fraction of sp³-hybridized carbons (Fsp3) is 0.333. The number of piperazine rings is 1. The minimum absolute atomic E-state index is 1.05. The molecule has 1 saturated heterocycles. The minimum atomic E-state index is 1.05.